The molecule has 19 heavy (non-hydrogen) atoms. The van der Waals surface area contributed by atoms with Crippen molar-refractivity contribution in [3.8, 4) is 5.75 Å². The second-order valence-electron chi connectivity index (χ2n) is 4.92. The van der Waals surface area contributed by atoms with Crippen LogP contribution in [0.5, 0.6) is 5.75 Å². The van der Waals surface area contributed by atoms with Gasteiger partial charge in [0.1, 0.15) is 6.61 Å². The van der Waals surface area contributed by atoms with Crippen molar-refractivity contribution < 1.29 is 26.7 Å². The normalized spacial score (nSPS) is 11.8. The van der Waals surface area contributed by atoms with Crippen LogP contribution in [0.4, 0.5) is 22.0 Å². The lowest BCUT2D eigenvalue weighted by atomic mass is 10.1. The van der Waals surface area contributed by atoms with Gasteiger partial charge in [0.05, 0.1) is 0 Å². The highest BCUT2D eigenvalue weighted by Gasteiger charge is 2.26. The molecule has 0 saturated carbocycles. The summed E-state index contributed by atoms with van der Waals surface area (Å²) < 4.78 is 69.5. The summed E-state index contributed by atoms with van der Waals surface area (Å²) in [5.41, 5.74) is -0.250. The van der Waals surface area contributed by atoms with Gasteiger partial charge in [-0.05, 0) is 20.8 Å². The zero-order valence-corrected chi connectivity index (χ0v) is 10.7. The summed E-state index contributed by atoms with van der Waals surface area (Å²) in [6, 6.07) is 0. The van der Waals surface area contributed by atoms with Gasteiger partial charge in [-0.15, -0.1) is 0 Å². The Labute approximate surface area is 107 Å². The van der Waals surface area contributed by atoms with Crippen molar-refractivity contribution in [3.05, 3.63) is 29.1 Å². The molecule has 0 unspecified atom stereocenters. The number of halogens is 5. The van der Waals surface area contributed by atoms with Gasteiger partial charge in [0.25, 0.3) is 0 Å². The molecular formula is C12H14F5NO. The zero-order valence-electron chi connectivity index (χ0n) is 10.7. The summed E-state index contributed by atoms with van der Waals surface area (Å²) in [4.78, 5) is 0. The maximum atomic E-state index is 13.2. The molecule has 0 bridgehead atoms. The van der Waals surface area contributed by atoms with Crippen LogP contribution in [-0.2, 0) is 0 Å². The molecule has 1 N–H and O–H groups in total. The molecule has 0 saturated heterocycles. The maximum absolute atomic E-state index is 13.2. The highest BCUT2D eigenvalue weighted by Crippen LogP contribution is 2.28. The van der Waals surface area contributed by atoms with Crippen molar-refractivity contribution in [2.75, 3.05) is 13.2 Å². The Hall–Kier alpha value is -1.37. The lowest BCUT2D eigenvalue weighted by Crippen LogP contribution is -2.38. The van der Waals surface area contributed by atoms with E-state index in [-0.39, 0.29) is 18.7 Å². The van der Waals surface area contributed by atoms with E-state index < -0.39 is 34.8 Å². The first-order chi connectivity index (χ1) is 8.65. The minimum atomic E-state index is -2.20. The summed E-state index contributed by atoms with van der Waals surface area (Å²) in [5.74, 6) is -11.4. The van der Waals surface area contributed by atoms with Gasteiger partial charge in [-0.1, -0.05) is 0 Å². The molecule has 0 aliphatic rings. The first-order valence-corrected chi connectivity index (χ1v) is 5.54. The van der Waals surface area contributed by atoms with Crippen molar-refractivity contribution in [3.63, 3.8) is 0 Å². The molecule has 0 fully saturated rings. The summed E-state index contributed by atoms with van der Waals surface area (Å²) in [5, 5.41) is 2.94. The quantitative estimate of drug-likeness (QED) is 0.397. The van der Waals surface area contributed by atoms with E-state index in [0.29, 0.717) is 0 Å². The number of rotatable bonds is 4. The van der Waals surface area contributed by atoms with Crippen molar-refractivity contribution >= 4 is 0 Å². The van der Waals surface area contributed by atoms with Gasteiger partial charge in [-0.25, -0.2) is 13.2 Å². The number of ether oxygens (including phenoxy) is 1. The van der Waals surface area contributed by atoms with Crippen LogP contribution in [-0.4, -0.2) is 18.7 Å². The number of benzene rings is 1. The van der Waals surface area contributed by atoms with Crippen molar-refractivity contribution in [2.45, 2.75) is 26.3 Å². The van der Waals surface area contributed by atoms with Gasteiger partial charge < -0.3 is 10.1 Å². The third kappa shape index (κ3) is 3.79. The van der Waals surface area contributed by atoms with Crippen LogP contribution in [0.3, 0.4) is 0 Å². The molecule has 0 amide bonds. The molecule has 0 atom stereocenters. The van der Waals surface area contributed by atoms with Crippen LogP contribution >= 0.6 is 0 Å². The smallest absolute Gasteiger partial charge is 0.206 e. The van der Waals surface area contributed by atoms with Gasteiger partial charge in [0, 0.05) is 12.1 Å². The van der Waals surface area contributed by atoms with E-state index in [0.717, 1.165) is 0 Å². The summed E-state index contributed by atoms with van der Waals surface area (Å²) in [6.45, 7) is 5.53. The van der Waals surface area contributed by atoms with Crippen molar-refractivity contribution in [1.82, 2.24) is 5.32 Å². The van der Waals surface area contributed by atoms with Crippen LogP contribution in [0.25, 0.3) is 0 Å². The average molecular weight is 283 g/mol. The van der Waals surface area contributed by atoms with E-state index in [2.05, 4.69) is 10.1 Å². The fourth-order valence-corrected chi connectivity index (χ4v) is 1.29. The van der Waals surface area contributed by atoms with Crippen LogP contribution in [0.1, 0.15) is 20.8 Å². The lowest BCUT2D eigenvalue weighted by Gasteiger charge is -2.20. The molecule has 0 aliphatic heterocycles. The third-order valence-electron chi connectivity index (χ3n) is 2.17. The fraction of sp³-hybridized carbons (Fsp3) is 0.500. The van der Waals surface area contributed by atoms with Gasteiger partial charge in [0.2, 0.25) is 29.1 Å². The monoisotopic (exact) mass is 283 g/mol. The highest BCUT2D eigenvalue weighted by molar-refractivity contribution is 5.29. The van der Waals surface area contributed by atoms with E-state index in [1.54, 1.807) is 0 Å². The second kappa shape index (κ2) is 5.73. The summed E-state index contributed by atoms with van der Waals surface area (Å²) >= 11 is 0. The van der Waals surface area contributed by atoms with E-state index in [1.807, 2.05) is 20.8 Å². The molecule has 0 spiro atoms. The van der Waals surface area contributed by atoms with Gasteiger partial charge in [0.15, 0.2) is 5.75 Å². The van der Waals surface area contributed by atoms with E-state index >= 15 is 0 Å². The Morgan fingerprint density at radius 2 is 1.26 bits per heavy atom. The SMILES string of the molecule is CC(C)(C)NCCOc1c(F)c(F)c(F)c(F)c1F. The minimum absolute atomic E-state index is 0.197. The van der Waals surface area contributed by atoms with Gasteiger partial charge >= 0.3 is 0 Å². The van der Waals surface area contributed by atoms with Gasteiger partial charge in [-0.2, -0.15) is 8.78 Å². The predicted molar refractivity (Wildman–Crippen MR) is 59.5 cm³/mol. The van der Waals surface area contributed by atoms with Gasteiger partial charge in [-0.3, -0.25) is 0 Å². The Morgan fingerprint density at radius 1 is 0.842 bits per heavy atom. The topological polar surface area (TPSA) is 21.3 Å². The molecular weight excluding hydrogens is 269 g/mol. The predicted octanol–water partition coefficient (Wildman–Crippen LogP) is 3.15. The Balaban J connectivity index is 2.80. The average Bonchev–Trinajstić information content (AvgIpc) is 2.32. The zero-order chi connectivity index (χ0) is 14.8. The Bertz CT molecular complexity index is 441. The van der Waals surface area contributed by atoms with Crippen LogP contribution in [0, 0.1) is 29.1 Å². The molecule has 2 nitrogen and oxygen atoms in total. The number of hydrogen-bond donors (Lipinski definition) is 1. The maximum Gasteiger partial charge on any atom is 0.206 e. The molecule has 0 radical (unpaired) electrons. The van der Waals surface area contributed by atoms with E-state index in [9.17, 15) is 22.0 Å². The second-order valence-corrected chi connectivity index (χ2v) is 4.92. The van der Waals surface area contributed by atoms with Crippen LogP contribution < -0.4 is 10.1 Å². The molecule has 0 aromatic heterocycles. The van der Waals surface area contributed by atoms with Crippen LogP contribution in [0.15, 0.2) is 0 Å². The van der Waals surface area contributed by atoms with E-state index in [1.165, 1.54) is 0 Å². The standard InChI is InChI=1S/C12H14F5NO/c1-12(2,3)18-4-5-19-11-9(16)7(14)6(13)8(15)10(11)17/h18H,4-5H2,1-3H3. The lowest BCUT2D eigenvalue weighted by molar-refractivity contribution is 0.250. The van der Waals surface area contributed by atoms with Crippen molar-refractivity contribution in [1.29, 1.82) is 0 Å². The highest BCUT2D eigenvalue weighted by atomic mass is 19.2. The van der Waals surface area contributed by atoms with Crippen LogP contribution in [0.2, 0.25) is 0 Å². The molecule has 1 rings (SSSR count). The van der Waals surface area contributed by atoms with Crippen molar-refractivity contribution in [2.24, 2.45) is 0 Å². The molecule has 0 aliphatic carbocycles. The number of nitrogens with one attached hydrogen (secondary N) is 1. The molecule has 108 valence electrons. The summed E-state index contributed by atoms with van der Waals surface area (Å²) in [7, 11) is 0. The van der Waals surface area contributed by atoms with E-state index in [4.69, 9.17) is 0 Å². The molecule has 0 heterocycles. The first-order valence-electron chi connectivity index (χ1n) is 5.54. The fourth-order valence-electron chi connectivity index (χ4n) is 1.29. The Morgan fingerprint density at radius 3 is 1.68 bits per heavy atom. The third-order valence-corrected chi connectivity index (χ3v) is 2.17. The summed E-state index contributed by atoms with van der Waals surface area (Å²) in [6.07, 6.45) is 0. The first kappa shape index (κ1) is 15.7. The number of hydrogen-bond acceptors (Lipinski definition) is 2. The Kier molecular flexibility index (Phi) is 4.73. The largest absolute Gasteiger partial charge is 0.486 e. The molecule has 1 aromatic rings. The molecule has 7 heteroatoms. The minimum Gasteiger partial charge on any atom is -0.486 e. The molecule has 1 aromatic carbocycles.